The molecule has 0 aliphatic carbocycles. The first-order chi connectivity index (χ1) is 13.5. The maximum Gasteiger partial charge on any atom is 0.262 e. The minimum atomic E-state index is -3.70. The summed E-state index contributed by atoms with van der Waals surface area (Å²) in [5, 5.41) is 3.92. The molecule has 2 aromatic carbocycles. The van der Waals surface area contributed by atoms with Crippen molar-refractivity contribution < 1.29 is 13.2 Å². The summed E-state index contributed by atoms with van der Waals surface area (Å²) >= 11 is 1.45. The molecule has 4 rings (SSSR count). The number of fused-ring (bicyclic) bond motifs is 1. The molecule has 0 aliphatic rings. The summed E-state index contributed by atoms with van der Waals surface area (Å²) in [7, 11) is -2.21. The molecule has 0 saturated heterocycles. The largest absolute Gasteiger partial charge is 0.497 e. The van der Waals surface area contributed by atoms with Gasteiger partial charge in [0.25, 0.3) is 10.0 Å². The van der Waals surface area contributed by atoms with E-state index in [4.69, 9.17) is 4.74 Å². The second kappa shape index (κ2) is 7.45. The van der Waals surface area contributed by atoms with Gasteiger partial charge >= 0.3 is 0 Å². The number of rotatable bonds is 6. The average molecular weight is 412 g/mol. The van der Waals surface area contributed by atoms with E-state index in [9.17, 15) is 8.42 Å². The molecule has 2 N–H and O–H groups in total. The molecule has 9 heteroatoms. The Morgan fingerprint density at radius 3 is 2.54 bits per heavy atom. The Morgan fingerprint density at radius 2 is 1.79 bits per heavy atom. The summed E-state index contributed by atoms with van der Waals surface area (Å²) in [4.78, 5) is 9.73. The van der Waals surface area contributed by atoms with Crippen LogP contribution in [0.4, 0.5) is 16.5 Å². The fraction of sp³-hybridized carbons (Fsp3) is 0.0526. The second-order valence-electron chi connectivity index (χ2n) is 5.83. The van der Waals surface area contributed by atoms with Crippen LogP contribution in [0, 0.1) is 0 Å². The number of ether oxygens (including phenoxy) is 1. The average Bonchev–Trinajstić information content (AvgIpc) is 3.11. The third kappa shape index (κ3) is 3.90. The summed E-state index contributed by atoms with van der Waals surface area (Å²) in [6.07, 6.45) is 1.73. The van der Waals surface area contributed by atoms with E-state index in [0.717, 1.165) is 21.2 Å². The number of hydrogen-bond acceptors (Lipinski definition) is 7. The fourth-order valence-corrected chi connectivity index (χ4v) is 4.47. The number of methoxy groups -OCH3 is 1. The Kier molecular flexibility index (Phi) is 4.84. The summed E-state index contributed by atoms with van der Waals surface area (Å²) < 4.78 is 32.7. The lowest BCUT2D eigenvalue weighted by Gasteiger charge is -2.10. The van der Waals surface area contributed by atoms with Gasteiger partial charge in [0, 0.05) is 23.6 Å². The molecule has 0 fully saturated rings. The number of benzene rings is 2. The molecular weight excluding hydrogens is 396 g/mol. The van der Waals surface area contributed by atoms with E-state index in [1.165, 1.54) is 30.6 Å². The second-order valence-corrected chi connectivity index (χ2v) is 8.49. The minimum Gasteiger partial charge on any atom is -0.497 e. The first-order valence-corrected chi connectivity index (χ1v) is 10.6. The van der Waals surface area contributed by atoms with Gasteiger partial charge in [-0.25, -0.2) is 18.4 Å². The lowest BCUT2D eigenvalue weighted by Crippen LogP contribution is -2.12. The Hall–Kier alpha value is -3.17. The van der Waals surface area contributed by atoms with E-state index in [1.54, 1.807) is 42.6 Å². The maximum atomic E-state index is 12.5. The van der Waals surface area contributed by atoms with Gasteiger partial charge in [0.15, 0.2) is 5.13 Å². The number of anilines is 3. The number of thiazole rings is 1. The molecule has 28 heavy (non-hydrogen) atoms. The number of nitrogens with one attached hydrogen (secondary N) is 2. The summed E-state index contributed by atoms with van der Waals surface area (Å²) in [6, 6.07) is 17.0. The van der Waals surface area contributed by atoms with Crippen molar-refractivity contribution in [1.82, 2.24) is 9.97 Å². The Morgan fingerprint density at radius 1 is 1.00 bits per heavy atom. The van der Waals surface area contributed by atoms with Crippen LogP contribution >= 0.6 is 11.3 Å². The van der Waals surface area contributed by atoms with Gasteiger partial charge in [0.05, 0.1) is 12.0 Å². The van der Waals surface area contributed by atoms with Crippen molar-refractivity contribution in [2.24, 2.45) is 0 Å². The first kappa shape index (κ1) is 18.2. The Labute approximate surface area is 166 Å². The third-order valence-corrected chi connectivity index (χ3v) is 6.18. The van der Waals surface area contributed by atoms with Crippen LogP contribution in [0.3, 0.4) is 0 Å². The zero-order chi connectivity index (χ0) is 19.6. The molecule has 2 heterocycles. The quantitative estimate of drug-likeness (QED) is 0.492. The summed E-state index contributed by atoms with van der Waals surface area (Å²) in [5.74, 6) is 0.479. The van der Waals surface area contributed by atoms with Gasteiger partial charge in [-0.05, 0) is 48.5 Å². The topological polar surface area (TPSA) is 93.2 Å². The molecule has 0 atom stereocenters. The molecular formula is C19H16N4O3S2. The number of aromatic nitrogens is 2. The van der Waals surface area contributed by atoms with E-state index in [2.05, 4.69) is 20.0 Å². The van der Waals surface area contributed by atoms with Gasteiger partial charge in [-0.15, -0.1) is 0 Å². The standard InChI is InChI=1S/C19H16N4O3S2/c1-26-15-4-2-5-16(12-15)28(24,25)23-14-9-7-13(8-10-14)21-19-22-17-6-3-11-20-18(17)27-19/h2-12,23H,1H3,(H,21,22). The SMILES string of the molecule is COc1cccc(S(=O)(=O)Nc2ccc(Nc3nc4cccnc4s3)cc2)c1. The highest BCUT2D eigenvalue weighted by molar-refractivity contribution is 7.92. The molecule has 0 amide bonds. The van der Waals surface area contributed by atoms with Crippen LogP contribution in [-0.4, -0.2) is 25.5 Å². The van der Waals surface area contributed by atoms with E-state index in [-0.39, 0.29) is 4.90 Å². The van der Waals surface area contributed by atoms with E-state index >= 15 is 0 Å². The molecule has 0 bridgehead atoms. The van der Waals surface area contributed by atoms with Crippen molar-refractivity contribution in [3.8, 4) is 5.75 Å². The highest BCUT2D eigenvalue weighted by atomic mass is 32.2. The van der Waals surface area contributed by atoms with Crippen LogP contribution in [0.5, 0.6) is 5.75 Å². The fourth-order valence-electron chi connectivity index (χ4n) is 2.55. The van der Waals surface area contributed by atoms with Gasteiger partial charge in [0.1, 0.15) is 16.1 Å². The number of sulfonamides is 1. The van der Waals surface area contributed by atoms with Gasteiger partial charge in [0.2, 0.25) is 0 Å². The first-order valence-electron chi connectivity index (χ1n) is 8.29. The number of pyridine rings is 1. The highest BCUT2D eigenvalue weighted by Crippen LogP contribution is 2.27. The lowest BCUT2D eigenvalue weighted by molar-refractivity contribution is 0.413. The van der Waals surface area contributed by atoms with Crippen LogP contribution in [0.15, 0.2) is 71.8 Å². The predicted octanol–water partition coefficient (Wildman–Crippen LogP) is 4.24. The molecule has 0 spiro atoms. The molecule has 2 aromatic heterocycles. The van der Waals surface area contributed by atoms with Gasteiger partial charge in [-0.3, -0.25) is 4.72 Å². The highest BCUT2D eigenvalue weighted by Gasteiger charge is 2.15. The van der Waals surface area contributed by atoms with Gasteiger partial charge in [-0.1, -0.05) is 17.4 Å². The Balaban J connectivity index is 1.49. The van der Waals surface area contributed by atoms with Gasteiger partial charge < -0.3 is 10.1 Å². The molecule has 142 valence electrons. The smallest absolute Gasteiger partial charge is 0.262 e. The van der Waals surface area contributed by atoms with E-state index in [1.807, 2.05) is 12.1 Å². The van der Waals surface area contributed by atoms with Crippen molar-refractivity contribution >= 4 is 48.2 Å². The maximum absolute atomic E-state index is 12.5. The number of hydrogen-bond donors (Lipinski definition) is 2. The minimum absolute atomic E-state index is 0.135. The van der Waals surface area contributed by atoms with E-state index in [0.29, 0.717) is 11.4 Å². The van der Waals surface area contributed by atoms with Crippen molar-refractivity contribution in [3.05, 3.63) is 66.9 Å². The third-order valence-electron chi connectivity index (χ3n) is 3.91. The summed E-state index contributed by atoms with van der Waals surface area (Å²) in [5.41, 5.74) is 2.08. The predicted molar refractivity (Wildman–Crippen MR) is 111 cm³/mol. The van der Waals surface area contributed by atoms with Crippen LogP contribution in [0.2, 0.25) is 0 Å². The van der Waals surface area contributed by atoms with Crippen molar-refractivity contribution in [1.29, 1.82) is 0 Å². The van der Waals surface area contributed by atoms with Crippen LogP contribution < -0.4 is 14.8 Å². The number of nitrogens with zero attached hydrogens (tertiary/aromatic N) is 2. The van der Waals surface area contributed by atoms with Crippen LogP contribution in [-0.2, 0) is 10.0 Å². The molecule has 0 aliphatic heterocycles. The zero-order valence-corrected chi connectivity index (χ0v) is 16.4. The molecule has 4 aromatic rings. The molecule has 0 saturated carbocycles. The molecule has 0 radical (unpaired) electrons. The van der Waals surface area contributed by atoms with Crippen LogP contribution in [0.25, 0.3) is 10.3 Å². The van der Waals surface area contributed by atoms with Crippen molar-refractivity contribution in [2.75, 3.05) is 17.1 Å². The van der Waals surface area contributed by atoms with Crippen LogP contribution in [0.1, 0.15) is 0 Å². The molecule has 0 unspecified atom stereocenters. The zero-order valence-electron chi connectivity index (χ0n) is 14.8. The van der Waals surface area contributed by atoms with Crippen molar-refractivity contribution in [3.63, 3.8) is 0 Å². The monoisotopic (exact) mass is 412 g/mol. The van der Waals surface area contributed by atoms with Gasteiger partial charge in [-0.2, -0.15) is 0 Å². The van der Waals surface area contributed by atoms with Crippen molar-refractivity contribution in [2.45, 2.75) is 4.90 Å². The normalized spacial score (nSPS) is 11.3. The summed E-state index contributed by atoms with van der Waals surface area (Å²) in [6.45, 7) is 0. The molecule has 7 nitrogen and oxygen atoms in total. The van der Waals surface area contributed by atoms with E-state index < -0.39 is 10.0 Å². The lowest BCUT2D eigenvalue weighted by atomic mass is 10.3. The Bertz CT molecular complexity index is 1190.